The van der Waals surface area contributed by atoms with Crippen LogP contribution in [0.4, 0.5) is 11.4 Å². The quantitative estimate of drug-likeness (QED) is 0.726. The van der Waals surface area contributed by atoms with Gasteiger partial charge in [0.15, 0.2) is 11.5 Å². The van der Waals surface area contributed by atoms with Crippen molar-refractivity contribution in [1.82, 2.24) is 4.98 Å². The second-order valence-corrected chi connectivity index (χ2v) is 6.92. The van der Waals surface area contributed by atoms with Crippen LogP contribution >= 0.6 is 0 Å². The van der Waals surface area contributed by atoms with Gasteiger partial charge in [-0.2, -0.15) is 0 Å². The van der Waals surface area contributed by atoms with E-state index in [0.29, 0.717) is 23.6 Å². The lowest BCUT2D eigenvalue weighted by molar-refractivity contribution is 0.122. The number of hydrogen-bond donors (Lipinski definition) is 2. The predicted octanol–water partition coefficient (Wildman–Crippen LogP) is 2.71. The molecule has 1 fully saturated rings. The van der Waals surface area contributed by atoms with Gasteiger partial charge in [0.1, 0.15) is 0 Å². The summed E-state index contributed by atoms with van der Waals surface area (Å²) in [6, 6.07) is 13.9. The molecule has 3 aromatic rings. The van der Waals surface area contributed by atoms with E-state index in [1.807, 2.05) is 24.3 Å². The zero-order valence-corrected chi connectivity index (χ0v) is 15.4. The topological polar surface area (TPSA) is 75.8 Å². The van der Waals surface area contributed by atoms with E-state index in [2.05, 4.69) is 27.3 Å². The number of nitrogens with one attached hydrogen (secondary N) is 2. The second kappa shape index (κ2) is 7.09. The van der Waals surface area contributed by atoms with Crippen LogP contribution < -0.4 is 25.2 Å². The standard InChI is InChI=1S/C21H21N3O4/c25-21-15(9-14-10-19-20(28-13-27-19)11-18(14)23-21)12-22-16-1-3-17(4-2-16)24-5-7-26-8-6-24/h1-4,9-11,22H,5-8,12-13H2,(H,23,25). The summed E-state index contributed by atoms with van der Waals surface area (Å²) in [4.78, 5) is 17.7. The molecule has 1 saturated heterocycles. The van der Waals surface area contributed by atoms with Gasteiger partial charge in [0.2, 0.25) is 6.79 Å². The number of rotatable bonds is 4. The molecule has 0 amide bonds. The van der Waals surface area contributed by atoms with Crippen LogP contribution in [0.2, 0.25) is 0 Å². The van der Waals surface area contributed by atoms with Crippen LogP contribution in [0.3, 0.4) is 0 Å². The van der Waals surface area contributed by atoms with E-state index >= 15 is 0 Å². The number of hydrogen-bond acceptors (Lipinski definition) is 6. The van der Waals surface area contributed by atoms with Gasteiger partial charge >= 0.3 is 0 Å². The number of aromatic nitrogens is 1. The first-order valence-electron chi connectivity index (χ1n) is 9.38. The average Bonchev–Trinajstić information content (AvgIpc) is 3.19. The first-order valence-corrected chi connectivity index (χ1v) is 9.38. The molecule has 2 aromatic carbocycles. The molecule has 0 atom stereocenters. The van der Waals surface area contributed by atoms with Crippen LogP contribution in [0.25, 0.3) is 10.9 Å². The van der Waals surface area contributed by atoms with Crippen LogP contribution in [0, 0.1) is 0 Å². The molecule has 3 heterocycles. The van der Waals surface area contributed by atoms with Crippen molar-refractivity contribution in [2.24, 2.45) is 0 Å². The maximum atomic E-state index is 12.4. The van der Waals surface area contributed by atoms with Gasteiger partial charge in [-0.1, -0.05) is 0 Å². The molecule has 0 spiro atoms. The molecule has 0 aliphatic carbocycles. The first kappa shape index (κ1) is 16.9. The summed E-state index contributed by atoms with van der Waals surface area (Å²) in [5.74, 6) is 1.37. The first-order chi connectivity index (χ1) is 13.8. The molecule has 5 rings (SSSR count). The van der Waals surface area contributed by atoms with Gasteiger partial charge in [0, 0.05) is 48.0 Å². The maximum absolute atomic E-state index is 12.4. The number of H-pyrrole nitrogens is 1. The Kier molecular flexibility index (Phi) is 4.29. The number of morpholine rings is 1. The van der Waals surface area contributed by atoms with Crippen LogP contribution in [-0.2, 0) is 11.3 Å². The van der Waals surface area contributed by atoms with Gasteiger partial charge < -0.3 is 29.4 Å². The van der Waals surface area contributed by atoms with E-state index in [4.69, 9.17) is 14.2 Å². The molecule has 1 aromatic heterocycles. The summed E-state index contributed by atoms with van der Waals surface area (Å²) in [5.41, 5.74) is 3.47. The minimum atomic E-state index is -0.108. The Morgan fingerprint density at radius 3 is 2.54 bits per heavy atom. The molecular formula is C21H21N3O4. The Hall–Kier alpha value is -3.19. The molecule has 0 saturated carbocycles. The van der Waals surface area contributed by atoms with Crippen molar-refractivity contribution in [3.8, 4) is 11.5 Å². The molecule has 0 unspecified atom stereocenters. The zero-order valence-electron chi connectivity index (χ0n) is 15.4. The predicted molar refractivity (Wildman–Crippen MR) is 107 cm³/mol. The monoisotopic (exact) mass is 379 g/mol. The van der Waals surface area contributed by atoms with Gasteiger partial charge in [-0.25, -0.2) is 0 Å². The lowest BCUT2D eigenvalue weighted by Crippen LogP contribution is -2.36. The Morgan fingerprint density at radius 1 is 1.00 bits per heavy atom. The van der Waals surface area contributed by atoms with Gasteiger partial charge in [-0.05, 0) is 36.4 Å². The van der Waals surface area contributed by atoms with Crippen molar-refractivity contribution in [2.45, 2.75) is 6.54 Å². The Balaban J connectivity index is 1.32. The molecule has 144 valence electrons. The summed E-state index contributed by atoms with van der Waals surface area (Å²) < 4.78 is 16.2. The Bertz CT molecular complexity index is 1060. The molecule has 2 aliphatic rings. The zero-order chi connectivity index (χ0) is 18.9. The van der Waals surface area contributed by atoms with E-state index in [1.165, 1.54) is 5.69 Å². The van der Waals surface area contributed by atoms with Crippen molar-refractivity contribution in [3.63, 3.8) is 0 Å². The highest BCUT2D eigenvalue weighted by atomic mass is 16.7. The van der Waals surface area contributed by atoms with Gasteiger partial charge in [0.05, 0.1) is 18.7 Å². The average molecular weight is 379 g/mol. The lowest BCUT2D eigenvalue weighted by atomic mass is 10.1. The van der Waals surface area contributed by atoms with Crippen molar-refractivity contribution in [2.75, 3.05) is 43.3 Å². The summed E-state index contributed by atoms with van der Waals surface area (Å²) in [6.07, 6.45) is 0. The van der Waals surface area contributed by atoms with Crippen LogP contribution in [-0.4, -0.2) is 38.1 Å². The molecule has 2 N–H and O–H groups in total. The van der Waals surface area contributed by atoms with Crippen LogP contribution in [0.15, 0.2) is 47.3 Å². The smallest absolute Gasteiger partial charge is 0.253 e. The fourth-order valence-corrected chi connectivity index (χ4v) is 3.58. The molecule has 7 nitrogen and oxygen atoms in total. The third-order valence-corrected chi connectivity index (χ3v) is 5.14. The molecule has 2 aliphatic heterocycles. The van der Waals surface area contributed by atoms with Gasteiger partial charge in [-0.15, -0.1) is 0 Å². The lowest BCUT2D eigenvalue weighted by Gasteiger charge is -2.28. The molecule has 0 radical (unpaired) electrons. The summed E-state index contributed by atoms with van der Waals surface area (Å²) in [7, 11) is 0. The summed E-state index contributed by atoms with van der Waals surface area (Å²) >= 11 is 0. The van der Waals surface area contributed by atoms with Crippen LogP contribution in [0.5, 0.6) is 11.5 Å². The highest BCUT2D eigenvalue weighted by Crippen LogP contribution is 2.35. The van der Waals surface area contributed by atoms with E-state index in [-0.39, 0.29) is 12.4 Å². The highest BCUT2D eigenvalue weighted by molar-refractivity contribution is 5.83. The summed E-state index contributed by atoms with van der Waals surface area (Å²) in [5, 5.41) is 4.25. The SMILES string of the molecule is O=c1[nH]c2cc3c(cc2cc1CNc1ccc(N2CCOCC2)cc1)OCO3. The van der Waals surface area contributed by atoms with E-state index in [0.717, 1.165) is 42.9 Å². The molecular weight excluding hydrogens is 358 g/mol. The van der Waals surface area contributed by atoms with Crippen molar-refractivity contribution < 1.29 is 14.2 Å². The highest BCUT2D eigenvalue weighted by Gasteiger charge is 2.15. The maximum Gasteiger partial charge on any atom is 0.253 e. The van der Waals surface area contributed by atoms with E-state index < -0.39 is 0 Å². The molecule has 0 bridgehead atoms. The minimum absolute atomic E-state index is 0.108. The number of aromatic amines is 1. The molecule has 7 heteroatoms. The van der Waals surface area contributed by atoms with Crippen molar-refractivity contribution >= 4 is 22.3 Å². The van der Waals surface area contributed by atoms with Crippen molar-refractivity contribution in [1.29, 1.82) is 0 Å². The second-order valence-electron chi connectivity index (χ2n) is 6.92. The number of fused-ring (bicyclic) bond motifs is 2. The van der Waals surface area contributed by atoms with Crippen LogP contribution in [0.1, 0.15) is 5.56 Å². The van der Waals surface area contributed by atoms with Crippen molar-refractivity contribution in [3.05, 3.63) is 58.4 Å². The fourth-order valence-electron chi connectivity index (χ4n) is 3.58. The van der Waals surface area contributed by atoms with Gasteiger partial charge in [0.25, 0.3) is 5.56 Å². The number of ether oxygens (including phenoxy) is 3. The number of pyridine rings is 1. The Labute approximate surface area is 161 Å². The third kappa shape index (κ3) is 3.25. The molecule has 28 heavy (non-hydrogen) atoms. The number of nitrogens with zero attached hydrogens (tertiary/aromatic N) is 1. The Morgan fingerprint density at radius 2 is 1.75 bits per heavy atom. The van der Waals surface area contributed by atoms with Gasteiger partial charge in [-0.3, -0.25) is 4.79 Å². The normalized spacial score (nSPS) is 15.8. The number of anilines is 2. The third-order valence-electron chi connectivity index (χ3n) is 5.14. The van der Waals surface area contributed by atoms with E-state index in [9.17, 15) is 4.79 Å². The van der Waals surface area contributed by atoms with E-state index in [1.54, 1.807) is 6.07 Å². The minimum Gasteiger partial charge on any atom is -0.454 e. The summed E-state index contributed by atoms with van der Waals surface area (Å²) in [6.45, 7) is 4.02. The largest absolute Gasteiger partial charge is 0.454 e. The number of benzene rings is 2. The fraction of sp³-hybridized carbons (Fsp3) is 0.286.